The molecule has 0 radical (unpaired) electrons. The summed E-state index contributed by atoms with van der Waals surface area (Å²) in [6.45, 7) is 3.80. The van der Waals surface area contributed by atoms with Gasteiger partial charge in [0.05, 0.1) is 28.8 Å². The molecule has 0 bridgehead atoms. The van der Waals surface area contributed by atoms with Gasteiger partial charge >= 0.3 is 0 Å². The molecule has 1 heterocycles. The molecule has 1 aromatic heterocycles. The molecule has 0 atom stereocenters. The highest BCUT2D eigenvalue weighted by Gasteiger charge is 2.16. The third-order valence-electron chi connectivity index (χ3n) is 3.68. The minimum Gasteiger partial charge on any atom is -0.319 e. The number of carbonyl (C=O) groups excluding carboxylic acids is 1. The number of benzene rings is 2. The number of aromatic nitrogens is 2. The lowest BCUT2D eigenvalue weighted by Gasteiger charge is -2.08. The molecule has 0 aliphatic rings. The molecule has 122 valence electrons. The molecule has 4 nitrogen and oxygen atoms in total. The maximum Gasteiger partial charge on any atom is 0.259 e. The highest BCUT2D eigenvalue weighted by Crippen LogP contribution is 2.21. The van der Waals surface area contributed by atoms with Gasteiger partial charge in [-0.25, -0.2) is 9.07 Å². The molecule has 1 amide bonds. The van der Waals surface area contributed by atoms with Gasteiger partial charge in [0.15, 0.2) is 0 Å². The lowest BCUT2D eigenvalue weighted by molar-refractivity contribution is 0.102. The van der Waals surface area contributed by atoms with Crippen molar-refractivity contribution in [3.63, 3.8) is 0 Å². The maximum absolute atomic E-state index is 13.9. The zero-order valence-corrected chi connectivity index (χ0v) is 14.8. The van der Waals surface area contributed by atoms with Gasteiger partial charge in [-0.15, -0.1) is 0 Å². The third kappa shape index (κ3) is 3.23. The van der Waals surface area contributed by atoms with E-state index in [2.05, 4.69) is 26.3 Å². The Balaban J connectivity index is 1.89. The molecule has 3 aromatic rings. The Morgan fingerprint density at radius 3 is 2.71 bits per heavy atom. The number of amides is 1. The Bertz CT molecular complexity index is 920. The number of nitrogens with zero attached hydrogens (tertiary/aromatic N) is 2. The fraction of sp³-hybridized carbons (Fsp3) is 0.111. The van der Waals surface area contributed by atoms with Crippen LogP contribution in [0, 0.1) is 19.7 Å². The molecule has 0 fully saturated rings. The summed E-state index contributed by atoms with van der Waals surface area (Å²) in [6.07, 6.45) is 1.49. The van der Waals surface area contributed by atoms with Gasteiger partial charge in [0.25, 0.3) is 5.91 Å². The van der Waals surface area contributed by atoms with E-state index in [4.69, 9.17) is 0 Å². The van der Waals surface area contributed by atoms with E-state index < -0.39 is 11.7 Å². The lowest BCUT2D eigenvalue weighted by atomic mass is 10.2. The van der Waals surface area contributed by atoms with Crippen LogP contribution in [-0.4, -0.2) is 15.7 Å². The fourth-order valence-corrected chi connectivity index (χ4v) is 2.77. The summed E-state index contributed by atoms with van der Waals surface area (Å²) >= 11 is 3.19. The van der Waals surface area contributed by atoms with E-state index in [1.165, 1.54) is 18.3 Å². The molecule has 0 saturated heterocycles. The summed E-state index contributed by atoms with van der Waals surface area (Å²) in [6, 6.07) is 12.3. The molecule has 1 N–H and O–H groups in total. The molecule has 3 rings (SSSR count). The summed E-state index contributed by atoms with van der Waals surface area (Å²) in [4.78, 5) is 12.4. The van der Waals surface area contributed by atoms with Crippen LogP contribution >= 0.6 is 15.9 Å². The first kappa shape index (κ1) is 16.4. The van der Waals surface area contributed by atoms with Crippen LogP contribution in [0.4, 0.5) is 10.1 Å². The molecule has 24 heavy (non-hydrogen) atoms. The van der Waals surface area contributed by atoms with E-state index in [0.717, 1.165) is 11.3 Å². The number of hydrogen-bond acceptors (Lipinski definition) is 2. The molecule has 0 saturated carbocycles. The molecule has 0 spiro atoms. The van der Waals surface area contributed by atoms with Gasteiger partial charge in [-0.05, 0) is 49.7 Å². The predicted molar refractivity (Wildman–Crippen MR) is 95.1 cm³/mol. The van der Waals surface area contributed by atoms with Gasteiger partial charge < -0.3 is 5.32 Å². The van der Waals surface area contributed by atoms with Crippen LogP contribution in [0.25, 0.3) is 5.69 Å². The van der Waals surface area contributed by atoms with Crippen LogP contribution < -0.4 is 5.32 Å². The maximum atomic E-state index is 13.9. The van der Waals surface area contributed by atoms with Gasteiger partial charge in [0.2, 0.25) is 0 Å². The van der Waals surface area contributed by atoms with Crippen LogP contribution in [0.3, 0.4) is 0 Å². The molecule has 2 aromatic carbocycles. The van der Waals surface area contributed by atoms with Crippen molar-refractivity contribution >= 4 is 27.5 Å². The summed E-state index contributed by atoms with van der Waals surface area (Å²) in [5.41, 5.74) is 3.20. The van der Waals surface area contributed by atoms with Gasteiger partial charge in [-0.1, -0.05) is 28.1 Å². The topological polar surface area (TPSA) is 46.9 Å². The number of carbonyl (C=O) groups is 1. The largest absolute Gasteiger partial charge is 0.319 e. The Morgan fingerprint density at radius 2 is 2.00 bits per heavy atom. The van der Waals surface area contributed by atoms with Crippen LogP contribution in [0.15, 0.2) is 53.1 Å². The first-order chi connectivity index (χ1) is 11.5. The van der Waals surface area contributed by atoms with Crippen molar-refractivity contribution in [2.75, 3.05) is 5.32 Å². The second-order valence-corrected chi connectivity index (χ2v) is 6.39. The zero-order chi connectivity index (χ0) is 17.3. The normalized spacial score (nSPS) is 10.7. The molecular weight excluding hydrogens is 373 g/mol. The number of rotatable bonds is 3. The van der Waals surface area contributed by atoms with E-state index in [9.17, 15) is 9.18 Å². The van der Waals surface area contributed by atoms with Crippen LogP contribution in [0.5, 0.6) is 0 Å². The number of anilines is 1. The van der Waals surface area contributed by atoms with Crippen molar-refractivity contribution in [3.8, 4) is 5.69 Å². The van der Waals surface area contributed by atoms with E-state index in [1.807, 2.05) is 38.1 Å². The Morgan fingerprint density at radius 1 is 1.21 bits per heavy atom. The minimum atomic E-state index is -0.499. The standard InChI is InChI=1S/C18H15BrFN3O/c1-11-4-3-5-14(8-11)23-12(2)15(10-21-23)18(24)22-17-7-6-13(19)9-16(17)20/h3-10H,1-2H3,(H,22,24). The second kappa shape index (κ2) is 6.57. The minimum absolute atomic E-state index is 0.130. The third-order valence-corrected chi connectivity index (χ3v) is 4.17. The number of nitrogens with one attached hydrogen (secondary N) is 1. The number of aryl methyl sites for hydroxylation is 1. The molecule has 6 heteroatoms. The average Bonchev–Trinajstić information content (AvgIpc) is 2.92. The summed E-state index contributed by atoms with van der Waals surface area (Å²) in [5.74, 6) is -0.894. The quantitative estimate of drug-likeness (QED) is 0.711. The van der Waals surface area contributed by atoms with Crippen LogP contribution in [-0.2, 0) is 0 Å². The number of halogens is 2. The van der Waals surface area contributed by atoms with Crippen molar-refractivity contribution in [1.82, 2.24) is 9.78 Å². The van der Waals surface area contributed by atoms with Crippen LogP contribution in [0.1, 0.15) is 21.6 Å². The Kier molecular flexibility index (Phi) is 4.49. The highest BCUT2D eigenvalue weighted by atomic mass is 79.9. The molecule has 0 unspecified atom stereocenters. The first-order valence-corrected chi connectivity index (χ1v) is 8.13. The summed E-state index contributed by atoms with van der Waals surface area (Å²) in [7, 11) is 0. The zero-order valence-electron chi connectivity index (χ0n) is 13.2. The van der Waals surface area contributed by atoms with E-state index >= 15 is 0 Å². The number of hydrogen-bond donors (Lipinski definition) is 1. The van der Waals surface area contributed by atoms with E-state index in [0.29, 0.717) is 15.7 Å². The first-order valence-electron chi connectivity index (χ1n) is 7.34. The van der Waals surface area contributed by atoms with Crippen molar-refractivity contribution in [2.45, 2.75) is 13.8 Å². The fourth-order valence-electron chi connectivity index (χ4n) is 2.43. The van der Waals surface area contributed by atoms with Crippen molar-refractivity contribution in [1.29, 1.82) is 0 Å². The predicted octanol–water partition coefficient (Wildman–Crippen LogP) is 4.64. The van der Waals surface area contributed by atoms with Gasteiger partial charge in [-0.3, -0.25) is 4.79 Å². The Hall–Kier alpha value is -2.47. The smallest absolute Gasteiger partial charge is 0.259 e. The summed E-state index contributed by atoms with van der Waals surface area (Å²) < 4.78 is 16.2. The van der Waals surface area contributed by atoms with E-state index in [1.54, 1.807) is 10.7 Å². The van der Waals surface area contributed by atoms with Gasteiger partial charge in [0, 0.05) is 4.47 Å². The summed E-state index contributed by atoms with van der Waals surface area (Å²) in [5, 5.41) is 6.86. The van der Waals surface area contributed by atoms with E-state index in [-0.39, 0.29) is 5.69 Å². The van der Waals surface area contributed by atoms with Gasteiger partial charge in [0.1, 0.15) is 5.82 Å². The van der Waals surface area contributed by atoms with Crippen molar-refractivity contribution in [3.05, 3.63) is 75.8 Å². The monoisotopic (exact) mass is 387 g/mol. The van der Waals surface area contributed by atoms with Crippen molar-refractivity contribution < 1.29 is 9.18 Å². The SMILES string of the molecule is Cc1cccc(-n2ncc(C(=O)Nc3ccc(Br)cc3F)c2C)c1. The van der Waals surface area contributed by atoms with Crippen LogP contribution in [0.2, 0.25) is 0 Å². The molecule has 0 aliphatic carbocycles. The average molecular weight is 388 g/mol. The Labute approximate surface area is 147 Å². The molecular formula is C18H15BrFN3O. The lowest BCUT2D eigenvalue weighted by Crippen LogP contribution is -2.14. The highest BCUT2D eigenvalue weighted by molar-refractivity contribution is 9.10. The van der Waals surface area contributed by atoms with Crippen molar-refractivity contribution in [2.24, 2.45) is 0 Å². The molecule has 0 aliphatic heterocycles. The second-order valence-electron chi connectivity index (χ2n) is 5.47. The van der Waals surface area contributed by atoms with Gasteiger partial charge in [-0.2, -0.15) is 5.10 Å².